The van der Waals surface area contributed by atoms with Crippen LogP contribution in [0.25, 0.3) is 10.2 Å². The number of fused-ring (bicyclic) bond motifs is 1. The number of hydrogen-bond donors (Lipinski definition) is 0. The first-order valence-electron chi connectivity index (χ1n) is 7.09. The van der Waals surface area contributed by atoms with Crippen LogP contribution >= 0.6 is 39.0 Å². The van der Waals surface area contributed by atoms with Gasteiger partial charge in [-0.15, -0.1) is 11.3 Å². The Morgan fingerprint density at radius 2 is 2.05 bits per heavy atom. The van der Waals surface area contributed by atoms with E-state index in [-0.39, 0.29) is 5.56 Å². The fourth-order valence-electron chi connectivity index (χ4n) is 2.39. The summed E-state index contributed by atoms with van der Waals surface area (Å²) in [6, 6.07) is 10.5. The van der Waals surface area contributed by atoms with Crippen LogP contribution < -0.4 is 5.56 Å². The minimum absolute atomic E-state index is 0.118. The molecule has 1 aliphatic carbocycles. The Bertz CT molecular complexity index is 881. The van der Waals surface area contributed by atoms with Crippen molar-refractivity contribution in [1.82, 2.24) is 9.55 Å². The van der Waals surface area contributed by atoms with Gasteiger partial charge in [0.25, 0.3) is 5.56 Å². The van der Waals surface area contributed by atoms with Crippen LogP contribution in [-0.2, 0) is 5.75 Å². The van der Waals surface area contributed by atoms with E-state index in [0.717, 1.165) is 38.4 Å². The van der Waals surface area contributed by atoms with E-state index in [2.05, 4.69) is 28.1 Å². The number of aromatic nitrogens is 2. The highest BCUT2D eigenvalue weighted by Gasteiger charge is 2.28. The second-order valence-electron chi connectivity index (χ2n) is 5.36. The van der Waals surface area contributed by atoms with Gasteiger partial charge in [0.15, 0.2) is 5.16 Å². The molecule has 0 atom stereocenters. The third-order valence-corrected chi connectivity index (χ3v) is 6.05. The molecule has 3 nitrogen and oxygen atoms in total. The second kappa shape index (κ2) is 5.83. The van der Waals surface area contributed by atoms with Crippen LogP contribution in [0.3, 0.4) is 0 Å². The van der Waals surface area contributed by atoms with Crippen LogP contribution in [0.15, 0.2) is 50.1 Å². The van der Waals surface area contributed by atoms with E-state index in [1.807, 2.05) is 28.1 Å². The molecule has 1 aliphatic rings. The minimum Gasteiger partial charge on any atom is -0.284 e. The van der Waals surface area contributed by atoms with Crippen molar-refractivity contribution in [2.75, 3.05) is 0 Å². The van der Waals surface area contributed by atoms with Gasteiger partial charge in [0, 0.05) is 16.3 Å². The molecular formula is C16H13BrN2OS2. The highest BCUT2D eigenvalue weighted by molar-refractivity contribution is 9.10. The molecule has 0 spiro atoms. The van der Waals surface area contributed by atoms with Crippen LogP contribution in [0.4, 0.5) is 0 Å². The maximum Gasteiger partial charge on any atom is 0.263 e. The molecule has 0 aliphatic heterocycles. The minimum atomic E-state index is 0.118. The Morgan fingerprint density at radius 3 is 2.77 bits per heavy atom. The summed E-state index contributed by atoms with van der Waals surface area (Å²) in [4.78, 5) is 18.2. The van der Waals surface area contributed by atoms with E-state index >= 15 is 0 Å². The number of benzene rings is 1. The molecule has 2 heterocycles. The number of thiophene rings is 1. The monoisotopic (exact) mass is 392 g/mol. The fraction of sp³-hybridized carbons (Fsp3) is 0.250. The molecule has 0 radical (unpaired) electrons. The predicted octanol–water partition coefficient (Wildman–Crippen LogP) is 4.85. The molecule has 0 amide bonds. The van der Waals surface area contributed by atoms with Gasteiger partial charge in [-0.3, -0.25) is 9.36 Å². The van der Waals surface area contributed by atoms with Crippen molar-refractivity contribution in [3.63, 3.8) is 0 Å². The third-order valence-electron chi connectivity index (χ3n) is 3.69. The molecule has 0 bridgehead atoms. The van der Waals surface area contributed by atoms with Crippen molar-refractivity contribution in [1.29, 1.82) is 0 Å². The highest BCUT2D eigenvalue weighted by atomic mass is 79.9. The van der Waals surface area contributed by atoms with Crippen LogP contribution in [0.1, 0.15) is 24.4 Å². The Hall–Kier alpha value is -1.11. The molecule has 112 valence electrons. The lowest BCUT2D eigenvalue weighted by molar-refractivity contribution is 0.619. The van der Waals surface area contributed by atoms with Gasteiger partial charge in [0.05, 0.1) is 5.39 Å². The van der Waals surface area contributed by atoms with E-state index < -0.39 is 0 Å². The van der Waals surface area contributed by atoms with E-state index in [1.54, 1.807) is 11.8 Å². The largest absolute Gasteiger partial charge is 0.284 e. The van der Waals surface area contributed by atoms with Crippen molar-refractivity contribution in [3.05, 3.63) is 56.1 Å². The average Bonchev–Trinajstić information content (AvgIpc) is 3.23. The number of thioether (sulfide) groups is 1. The normalized spacial score (nSPS) is 14.6. The van der Waals surface area contributed by atoms with E-state index in [0.29, 0.717) is 6.04 Å². The molecule has 1 saturated carbocycles. The van der Waals surface area contributed by atoms with Crippen LogP contribution in [0, 0.1) is 0 Å². The molecule has 0 saturated heterocycles. The van der Waals surface area contributed by atoms with Crippen LogP contribution in [0.5, 0.6) is 0 Å². The lowest BCUT2D eigenvalue weighted by Gasteiger charge is -2.10. The van der Waals surface area contributed by atoms with Gasteiger partial charge in [-0.2, -0.15) is 0 Å². The smallest absolute Gasteiger partial charge is 0.263 e. The predicted molar refractivity (Wildman–Crippen MR) is 95.9 cm³/mol. The molecule has 2 aromatic heterocycles. The van der Waals surface area contributed by atoms with Crippen molar-refractivity contribution in [3.8, 4) is 0 Å². The SMILES string of the molecule is O=c1c2ccsc2nc(SCc2ccc(Br)cc2)n1C1CC1. The van der Waals surface area contributed by atoms with Crippen LogP contribution in [0.2, 0.25) is 0 Å². The second-order valence-corrected chi connectivity index (χ2v) is 8.11. The summed E-state index contributed by atoms with van der Waals surface area (Å²) in [5, 5.41) is 3.55. The van der Waals surface area contributed by atoms with Gasteiger partial charge >= 0.3 is 0 Å². The Labute approximate surface area is 144 Å². The van der Waals surface area contributed by atoms with Crippen molar-refractivity contribution < 1.29 is 0 Å². The van der Waals surface area contributed by atoms with E-state index in [1.165, 1.54) is 16.9 Å². The zero-order chi connectivity index (χ0) is 15.1. The van der Waals surface area contributed by atoms with Gasteiger partial charge in [0.1, 0.15) is 4.83 Å². The molecule has 4 rings (SSSR count). The standard InChI is InChI=1S/C16H13BrN2OS2/c17-11-3-1-10(2-4-11)9-22-16-18-14-13(7-8-21-14)15(20)19(16)12-5-6-12/h1-4,7-8,12H,5-6,9H2. The van der Waals surface area contributed by atoms with Crippen LogP contribution in [-0.4, -0.2) is 9.55 Å². The van der Waals surface area contributed by atoms with Crippen molar-refractivity contribution in [2.45, 2.75) is 29.8 Å². The zero-order valence-corrected chi connectivity index (χ0v) is 14.9. The fourth-order valence-corrected chi connectivity index (χ4v) is 4.48. The molecule has 6 heteroatoms. The summed E-state index contributed by atoms with van der Waals surface area (Å²) < 4.78 is 2.98. The highest BCUT2D eigenvalue weighted by Crippen LogP contribution is 2.37. The molecule has 0 N–H and O–H groups in total. The number of nitrogens with zero attached hydrogens (tertiary/aromatic N) is 2. The lowest BCUT2D eigenvalue weighted by atomic mass is 10.2. The topological polar surface area (TPSA) is 34.9 Å². The first-order valence-corrected chi connectivity index (χ1v) is 9.75. The zero-order valence-electron chi connectivity index (χ0n) is 11.7. The first kappa shape index (κ1) is 14.5. The summed E-state index contributed by atoms with van der Waals surface area (Å²) in [5.74, 6) is 0.823. The van der Waals surface area contributed by atoms with E-state index in [4.69, 9.17) is 4.98 Å². The molecule has 22 heavy (non-hydrogen) atoms. The molecule has 1 fully saturated rings. The molecule has 1 aromatic carbocycles. The first-order chi connectivity index (χ1) is 10.7. The quantitative estimate of drug-likeness (QED) is 0.470. The summed E-state index contributed by atoms with van der Waals surface area (Å²) >= 11 is 6.64. The van der Waals surface area contributed by atoms with Gasteiger partial charge in [-0.25, -0.2) is 4.98 Å². The summed E-state index contributed by atoms with van der Waals surface area (Å²) in [5.41, 5.74) is 1.35. The van der Waals surface area contributed by atoms with Crippen molar-refractivity contribution in [2.24, 2.45) is 0 Å². The number of halogens is 1. The molecular weight excluding hydrogens is 380 g/mol. The summed E-state index contributed by atoms with van der Waals surface area (Å²) in [6.07, 6.45) is 2.17. The lowest BCUT2D eigenvalue weighted by Crippen LogP contribution is -2.21. The number of hydrogen-bond acceptors (Lipinski definition) is 4. The van der Waals surface area contributed by atoms with Gasteiger partial charge < -0.3 is 0 Å². The molecule has 0 unspecified atom stereocenters. The summed E-state index contributed by atoms with van der Waals surface area (Å²) in [6.45, 7) is 0. The van der Waals surface area contributed by atoms with Gasteiger partial charge in [-0.05, 0) is 42.0 Å². The summed E-state index contributed by atoms with van der Waals surface area (Å²) in [7, 11) is 0. The third kappa shape index (κ3) is 2.75. The van der Waals surface area contributed by atoms with E-state index in [9.17, 15) is 4.79 Å². The Kier molecular flexibility index (Phi) is 3.84. The van der Waals surface area contributed by atoms with Gasteiger partial charge in [0.2, 0.25) is 0 Å². The maximum atomic E-state index is 12.7. The molecule has 3 aromatic rings. The Morgan fingerprint density at radius 1 is 1.27 bits per heavy atom. The van der Waals surface area contributed by atoms with Gasteiger partial charge in [-0.1, -0.05) is 39.8 Å². The Balaban J connectivity index is 1.69. The average molecular weight is 393 g/mol. The number of rotatable bonds is 4. The maximum absolute atomic E-state index is 12.7. The van der Waals surface area contributed by atoms with Crippen molar-refractivity contribution >= 4 is 49.2 Å².